The Morgan fingerprint density at radius 2 is 1.57 bits per heavy atom. The number of para-hydroxylation sites is 1. The molecule has 0 aromatic heterocycles. The largest absolute Gasteiger partial charge is 0.368 e. The second-order valence-corrected chi connectivity index (χ2v) is 8.31. The van der Waals surface area contributed by atoms with E-state index in [0.29, 0.717) is 5.91 Å². The van der Waals surface area contributed by atoms with Crippen LogP contribution in [0.5, 0.6) is 0 Å². The number of amides is 2. The summed E-state index contributed by atoms with van der Waals surface area (Å²) in [5, 5.41) is 0. The van der Waals surface area contributed by atoms with Crippen molar-refractivity contribution >= 4 is 17.5 Å². The summed E-state index contributed by atoms with van der Waals surface area (Å²) in [5.74, 6) is 0.794. The minimum absolute atomic E-state index is 0.105. The smallest absolute Gasteiger partial charge is 0.225 e. The standard InChI is InChI=1S/C23H35N3O2/c1-3-4-14-24(2)22(27)19-10-12-20(13-11-19)23(28)26-17-15-25(16-18-26)21-8-6-5-7-9-21/h5-9,19-20H,3-4,10-18H2,1-2H3. The van der Waals surface area contributed by atoms with Crippen molar-refractivity contribution < 1.29 is 9.59 Å². The quantitative estimate of drug-likeness (QED) is 0.754. The number of nitrogens with zero attached hydrogens (tertiary/aromatic N) is 3. The first-order chi connectivity index (χ1) is 13.6. The first-order valence-electron chi connectivity index (χ1n) is 10.9. The van der Waals surface area contributed by atoms with E-state index in [9.17, 15) is 9.59 Å². The summed E-state index contributed by atoms with van der Waals surface area (Å²) in [6.07, 6.45) is 5.60. The lowest BCUT2D eigenvalue weighted by atomic mass is 9.80. The Bertz CT molecular complexity index is 633. The van der Waals surface area contributed by atoms with Crippen LogP contribution < -0.4 is 4.90 Å². The van der Waals surface area contributed by atoms with Crippen LogP contribution in [0.2, 0.25) is 0 Å². The summed E-state index contributed by atoms with van der Waals surface area (Å²) in [5.41, 5.74) is 1.24. The van der Waals surface area contributed by atoms with Gasteiger partial charge in [0.25, 0.3) is 0 Å². The molecule has 1 saturated carbocycles. The highest BCUT2D eigenvalue weighted by molar-refractivity contribution is 5.81. The van der Waals surface area contributed by atoms with E-state index >= 15 is 0 Å². The van der Waals surface area contributed by atoms with E-state index in [1.165, 1.54) is 5.69 Å². The Kier molecular flexibility index (Phi) is 7.35. The van der Waals surface area contributed by atoms with Crippen molar-refractivity contribution in [1.82, 2.24) is 9.80 Å². The van der Waals surface area contributed by atoms with Crippen molar-refractivity contribution in [2.24, 2.45) is 11.8 Å². The Morgan fingerprint density at radius 3 is 2.18 bits per heavy atom. The van der Waals surface area contributed by atoms with Crippen LogP contribution in [0, 0.1) is 11.8 Å². The van der Waals surface area contributed by atoms with Gasteiger partial charge in [-0.25, -0.2) is 0 Å². The highest BCUT2D eigenvalue weighted by atomic mass is 16.2. The van der Waals surface area contributed by atoms with Crippen molar-refractivity contribution in [3.05, 3.63) is 30.3 Å². The molecule has 1 aliphatic carbocycles. The van der Waals surface area contributed by atoms with Crippen molar-refractivity contribution in [3.8, 4) is 0 Å². The molecule has 0 N–H and O–H groups in total. The molecule has 0 bridgehead atoms. The summed E-state index contributed by atoms with van der Waals surface area (Å²) in [6, 6.07) is 10.4. The van der Waals surface area contributed by atoms with Gasteiger partial charge in [-0.2, -0.15) is 0 Å². The number of hydrogen-bond donors (Lipinski definition) is 0. The van der Waals surface area contributed by atoms with E-state index in [2.05, 4.69) is 36.1 Å². The molecule has 0 unspecified atom stereocenters. The van der Waals surface area contributed by atoms with Gasteiger partial charge < -0.3 is 14.7 Å². The van der Waals surface area contributed by atoms with Gasteiger partial charge in [-0.15, -0.1) is 0 Å². The molecule has 2 aliphatic rings. The first kappa shape index (κ1) is 20.7. The molecule has 5 heteroatoms. The molecule has 2 amide bonds. The van der Waals surface area contributed by atoms with Crippen LogP contribution in [-0.2, 0) is 9.59 Å². The summed E-state index contributed by atoms with van der Waals surface area (Å²) in [6.45, 7) is 6.38. The van der Waals surface area contributed by atoms with Gasteiger partial charge in [0.05, 0.1) is 0 Å². The third-order valence-electron chi connectivity index (χ3n) is 6.36. The predicted octanol–water partition coefficient (Wildman–Crippen LogP) is 3.40. The number of unbranched alkanes of at least 4 members (excludes halogenated alkanes) is 1. The zero-order valence-electron chi connectivity index (χ0n) is 17.5. The fraction of sp³-hybridized carbons (Fsp3) is 0.652. The molecule has 3 rings (SSSR count). The van der Waals surface area contributed by atoms with Gasteiger partial charge in [-0.3, -0.25) is 9.59 Å². The first-order valence-corrected chi connectivity index (χ1v) is 10.9. The molecule has 1 aromatic rings. The predicted molar refractivity (Wildman–Crippen MR) is 113 cm³/mol. The fourth-order valence-corrected chi connectivity index (χ4v) is 4.49. The minimum Gasteiger partial charge on any atom is -0.368 e. The Labute approximate surface area is 169 Å². The molecule has 0 spiro atoms. The van der Waals surface area contributed by atoms with E-state index in [4.69, 9.17) is 0 Å². The summed E-state index contributed by atoms with van der Waals surface area (Å²) >= 11 is 0. The van der Waals surface area contributed by atoms with Crippen LogP contribution in [-0.4, -0.2) is 61.4 Å². The normalized spacial score (nSPS) is 22.8. The highest BCUT2D eigenvalue weighted by Crippen LogP contribution is 2.31. The van der Waals surface area contributed by atoms with Crippen LogP contribution in [0.1, 0.15) is 45.4 Å². The van der Waals surface area contributed by atoms with Gasteiger partial charge in [0.2, 0.25) is 11.8 Å². The average Bonchev–Trinajstić information content (AvgIpc) is 2.77. The molecule has 5 nitrogen and oxygen atoms in total. The Balaban J connectivity index is 1.44. The lowest BCUT2D eigenvalue weighted by molar-refractivity contribution is -0.141. The molecule has 2 fully saturated rings. The number of hydrogen-bond acceptors (Lipinski definition) is 3. The Hall–Kier alpha value is -2.04. The maximum atomic E-state index is 13.0. The number of anilines is 1. The number of benzene rings is 1. The molecule has 1 heterocycles. The lowest BCUT2D eigenvalue weighted by Gasteiger charge is -2.39. The monoisotopic (exact) mass is 385 g/mol. The third-order valence-corrected chi connectivity index (χ3v) is 6.36. The second kappa shape index (κ2) is 9.94. The minimum atomic E-state index is 0.105. The van der Waals surface area contributed by atoms with E-state index in [0.717, 1.165) is 71.2 Å². The van der Waals surface area contributed by atoms with Gasteiger partial charge in [-0.1, -0.05) is 31.5 Å². The maximum Gasteiger partial charge on any atom is 0.225 e. The van der Waals surface area contributed by atoms with Gasteiger partial charge in [0.15, 0.2) is 0 Å². The van der Waals surface area contributed by atoms with Crippen LogP contribution in [0.3, 0.4) is 0 Å². The molecular formula is C23H35N3O2. The van der Waals surface area contributed by atoms with Crippen LogP contribution >= 0.6 is 0 Å². The van der Waals surface area contributed by atoms with Crippen molar-refractivity contribution in [1.29, 1.82) is 0 Å². The molecular weight excluding hydrogens is 350 g/mol. The molecule has 154 valence electrons. The molecule has 0 radical (unpaired) electrons. The van der Waals surface area contributed by atoms with E-state index in [-0.39, 0.29) is 17.7 Å². The molecule has 1 aromatic carbocycles. The van der Waals surface area contributed by atoms with Gasteiger partial charge in [-0.05, 0) is 44.2 Å². The van der Waals surface area contributed by atoms with Crippen molar-refractivity contribution in [2.45, 2.75) is 45.4 Å². The molecule has 1 aliphatic heterocycles. The fourth-order valence-electron chi connectivity index (χ4n) is 4.49. The van der Waals surface area contributed by atoms with Crippen molar-refractivity contribution in [2.75, 3.05) is 44.7 Å². The van der Waals surface area contributed by atoms with Gasteiger partial charge in [0.1, 0.15) is 0 Å². The average molecular weight is 386 g/mol. The number of carbonyl (C=O) groups excluding carboxylic acids is 2. The van der Waals surface area contributed by atoms with E-state index < -0.39 is 0 Å². The molecule has 28 heavy (non-hydrogen) atoms. The Morgan fingerprint density at radius 1 is 0.964 bits per heavy atom. The van der Waals surface area contributed by atoms with Crippen LogP contribution in [0.15, 0.2) is 30.3 Å². The summed E-state index contributed by atoms with van der Waals surface area (Å²) in [7, 11) is 1.92. The SMILES string of the molecule is CCCCN(C)C(=O)C1CCC(C(=O)N2CCN(c3ccccc3)CC2)CC1. The topological polar surface area (TPSA) is 43.9 Å². The zero-order chi connectivity index (χ0) is 19.9. The van der Waals surface area contributed by atoms with Gasteiger partial charge in [0, 0.05) is 57.3 Å². The van der Waals surface area contributed by atoms with Crippen molar-refractivity contribution in [3.63, 3.8) is 0 Å². The van der Waals surface area contributed by atoms with Gasteiger partial charge >= 0.3 is 0 Å². The lowest BCUT2D eigenvalue weighted by Crippen LogP contribution is -2.51. The molecule has 1 saturated heterocycles. The second-order valence-electron chi connectivity index (χ2n) is 8.31. The summed E-state index contributed by atoms with van der Waals surface area (Å²) in [4.78, 5) is 31.8. The van der Waals surface area contributed by atoms with Crippen LogP contribution in [0.25, 0.3) is 0 Å². The zero-order valence-corrected chi connectivity index (χ0v) is 17.5. The van der Waals surface area contributed by atoms with E-state index in [1.54, 1.807) is 0 Å². The third kappa shape index (κ3) is 5.06. The number of rotatable bonds is 6. The van der Waals surface area contributed by atoms with E-state index in [1.807, 2.05) is 22.9 Å². The molecule has 0 atom stereocenters. The highest BCUT2D eigenvalue weighted by Gasteiger charge is 2.34. The number of piperazine rings is 1. The van der Waals surface area contributed by atoms with Crippen LogP contribution in [0.4, 0.5) is 5.69 Å². The maximum absolute atomic E-state index is 13.0. The number of carbonyl (C=O) groups is 2. The summed E-state index contributed by atoms with van der Waals surface area (Å²) < 4.78 is 0.